The molecule has 0 saturated carbocycles. The predicted octanol–water partition coefficient (Wildman–Crippen LogP) is 3.20. The van der Waals surface area contributed by atoms with Crippen LogP contribution in [0.5, 0.6) is 5.75 Å². The Labute approximate surface area is 198 Å². The number of amides is 3. The van der Waals surface area contributed by atoms with Gasteiger partial charge in [-0.1, -0.05) is 33.6 Å². The minimum atomic E-state index is -0.812. The molecule has 1 atom stereocenters. The van der Waals surface area contributed by atoms with Gasteiger partial charge in [-0.25, -0.2) is 0 Å². The number of hydrogen-bond acceptors (Lipinski definition) is 7. The second-order valence-corrected chi connectivity index (χ2v) is 8.92. The Balaban J connectivity index is 2.50. The molecule has 0 saturated heterocycles. The maximum Gasteiger partial charge on any atom is 0.272 e. The van der Waals surface area contributed by atoms with Crippen molar-refractivity contribution < 1.29 is 19.1 Å². The van der Waals surface area contributed by atoms with Crippen molar-refractivity contribution >= 4 is 40.6 Å². The first-order valence-electron chi connectivity index (χ1n) is 11.0. The lowest BCUT2D eigenvalue weighted by Gasteiger charge is -2.31. The third-order valence-electron chi connectivity index (χ3n) is 5.19. The first-order valence-corrected chi connectivity index (χ1v) is 11.8. The molecule has 0 aliphatic carbocycles. The van der Waals surface area contributed by atoms with Crippen LogP contribution in [-0.4, -0.2) is 41.8 Å². The lowest BCUT2D eigenvalue weighted by molar-refractivity contribution is -0.122. The van der Waals surface area contributed by atoms with E-state index in [1.165, 1.54) is 4.90 Å². The third kappa shape index (κ3) is 6.67. The van der Waals surface area contributed by atoms with Crippen molar-refractivity contribution in [3.8, 4) is 5.75 Å². The van der Waals surface area contributed by atoms with Crippen LogP contribution in [-0.2, 0) is 4.79 Å². The normalized spacial score (nSPS) is 11.8. The van der Waals surface area contributed by atoms with Gasteiger partial charge >= 0.3 is 0 Å². The molecule has 5 N–H and O–H groups in total. The third-order valence-corrected chi connectivity index (χ3v) is 6.04. The molecule has 2 rings (SSSR count). The van der Waals surface area contributed by atoms with Crippen LogP contribution >= 0.6 is 11.5 Å². The summed E-state index contributed by atoms with van der Waals surface area (Å²) in [5, 5.41) is 2.97. The van der Waals surface area contributed by atoms with Crippen molar-refractivity contribution in [1.82, 2.24) is 9.69 Å². The SMILES string of the molecule is CCCCC(C(=O)NCCC(C)C)N(C(=O)c1snc(C(N)=O)c1N)c1ccc(OC)cc1. The van der Waals surface area contributed by atoms with Gasteiger partial charge in [0.05, 0.1) is 12.8 Å². The number of ether oxygens (including phenoxy) is 1. The zero-order valence-corrected chi connectivity index (χ0v) is 20.4. The Morgan fingerprint density at radius 1 is 1.18 bits per heavy atom. The van der Waals surface area contributed by atoms with E-state index in [2.05, 4.69) is 23.5 Å². The van der Waals surface area contributed by atoms with E-state index in [1.54, 1.807) is 31.4 Å². The lowest BCUT2D eigenvalue weighted by atomic mass is 10.0. The molecule has 10 heteroatoms. The molecule has 1 heterocycles. The minimum absolute atomic E-state index is 0.0658. The Morgan fingerprint density at radius 3 is 2.36 bits per heavy atom. The molecule has 1 aromatic heterocycles. The summed E-state index contributed by atoms with van der Waals surface area (Å²) >= 11 is 0.795. The molecule has 1 unspecified atom stereocenters. The van der Waals surface area contributed by atoms with Gasteiger partial charge in [0, 0.05) is 12.2 Å². The number of aromatic nitrogens is 1. The van der Waals surface area contributed by atoms with Crippen LogP contribution in [0.15, 0.2) is 24.3 Å². The van der Waals surface area contributed by atoms with Crippen molar-refractivity contribution in [3.05, 3.63) is 34.8 Å². The van der Waals surface area contributed by atoms with Crippen LogP contribution in [0.1, 0.15) is 66.6 Å². The molecule has 9 nitrogen and oxygen atoms in total. The highest BCUT2D eigenvalue weighted by Crippen LogP contribution is 2.30. The van der Waals surface area contributed by atoms with Gasteiger partial charge in [-0.2, -0.15) is 4.37 Å². The van der Waals surface area contributed by atoms with Gasteiger partial charge in [0.1, 0.15) is 16.7 Å². The summed E-state index contributed by atoms with van der Waals surface area (Å²) in [7, 11) is 1.55. The van der Waals surface area contributed by atoms with Crippen molar-refractivity contribution in [1.29, 1.82) is 0 Å². The number of primary amides is 1. The number of hydrogen-bond donors (Lipinski definition) is 3. The molecule has 2 aromatic rings. The number of anilines is 2. The Bertz CT molecular complexity index is 958. The fourth-order valence-electron chi connectivity index (χ4n) is 3.30. The molecule has 0 fully saturated rings. The number of nitrogens with zero attached hydrogens (tertiary/aromatic N) is 2. The molecule has 0 aliphatic rings. The fraction of sp³-hybridized carbons (Fsp3) is 0.478. The van der Waals surface area contributed by atoms with E-state index < -0.39 is 17.9 Å². The Kier molecular flexibility index (Phi) is 9.65. The van der Waals surface area contributed by atoms with E-state index in [0.717, 1.165) is 30.8 Å². The summed E-state index contributed by atoms with van der Waals surface area (Å²) in [4.78, 5) is 40.1. The van der Waals surface area contributed by atoms with E-state index in [9.17, 15) is 14.4 Å². The van der Waals surface area contributed by atoms with Crippen LogP contribution in [0.25, 0.3) is 0 Å². The largest absolute Gasteiger partial charge is 0.497 e. The van der Waals surface area contributed by atoms with Gasteiger partial charge in [0.25, 0.3) is 11.8 Å². The maximum atomic E-state index is 13.7. The quantitative estimate of drug-likeness (QED) is 0.430. The maximum absolute atomic E-state index is 13.7. The highest BCUT2D eigenvalue weighted by molar-refractivity contribution is 7.09. The molecule has 180 valence electrons. The summed E-state index contributed by atoms with van der Waals surface area (Å²) in [6.45, 7) is 6.69. The van der Waals surface area contributed by atoms with Crippen LogP contribution in [0.2, 0.25) is 0 Å². The summed E-state index contributed by atoms with van der Waals surface area (Å²) in [6, 6.07) is 6.09. The number of carbonyl (C=O) groups excluding carboxylic acids is 3. The zero-order chi connectivity index (χ0) is 24.5. The first kappa shape index (κ1) is 26.1. The molecular weight excluding hydrogens is 442 g/mol. The second-order valence-electron chi connectivity index (χ2n) is 8.14. The minimum Gasteiger partial charge on any atom is -0.497 e. The van der Waals surface area contributed by atoms with E-state index in [-0.39, 0.29) is 22.2 Å². The Hall–Kier alpha value is -3.14. The van der Waals surface area contributed by atoms with Crippen molar-refractivity contribution in [2.24, 2.45) is 11.7 Å². The number of rotatable bonds is 12. The van der Waals surface area contributed by atoms with Crippen molar-refractivity contribution in [3.63, 3.8) is 0 Å². The van der Waals surface area contributed by atoms with Crippen molar-refractivity contribution in [2.75, 3.05) is 24.3 Å². The van der Waals surface area contributed by atoms with E-state index in [1.807, 2.05) is 6.92 Å². The van der Waals surface area contributed by atoms with Crippen LogP contribution < -0.4 is 26.4 Å². The van der Waals surface area contributed by atoms with Crippen LogP contribution in [0.4, 0.5) is 11.4 Å². The van der Waals surface area contributed by atoms with Crippen molar-refractivity contribution in [2.45, 2.75) is 52.5 Å². The number of nitrogens with two attached hydrogens (primary N) is 2. The van der Waals surface area contributed by atoms with E-state index in [0.29, 0.717) is 30.3 Å². The second kappa shape index (κ2) is 12.2. The molecule has 3 amide bonds. The molecule has 0 radical (unpaired) electrons. The highest BCUT2D eigenvalue weighted by atomic mass is 32.1. The number of methoxy groups -OCH3 is 1. The van der Waals surface area contributed by atoms with Gasteiger partial charge in [0.15, 0.2) is 5.69 Å². The van der Waals surface area contributed by atoms with Gasteiger partial charge < -0.3 is 21.5 Å². The molecule has 0 aliphatic heterocycles. The van der Waals surface area contributed by atoms with Crippen LogP contribution in [0, 0.1) is 5.92 Å². The molecular formula is C23H33N5O4S. The number of nitrogens with one attached hydrogen (secondary N) is 1. The average molecular weight is 476 g/mol. The molecule has 33 heavy (non-hydrogen) atoms. The van der Waals surface area contributed by atoms with Gasteiger partial charge in [-0.05, 0) is 54.6 Å². The molecule has 0 bridgehead atoms. The van der Waals surface area contributed by atoms with Gasteiger partial charge in [-0.15, -0.1) is 0 Å². The topological polar surface area (TPSA) is 141 Å². The zero-order valence-electron chi connectivity index (χ0n) is 19.6. The van der Waals surface area contributed by atoms with Gasteiger partial charge in [-0.3, -0.25) is 19.3 Å². The number of unbranched alkanes of at least 4 members (excludes halogenated alkanes) is 1. The van der Waals surface area contributed by atoms with E-state index >= 15 is 0 Å². The molecule has 1 aromatic carbocycles. The Morgan fingerprint density at radius 2 is 1.85 bits per heavy atom. The smallest absolute Gasteiger partial charge is 0.272 e. The summed E-state index contributed by atoms with van der Waals surface area (Å²) in [6.07, 6.45) is 2.89. The standard InChI is InChI=1S/C23H33N5O4S/c1-5-6-7-17(22(30)26-13-12-14(2)3)28(15-8-10-16(32-4)11-9-15)23(31)20-18(24)19(21(25)29)27-33-20/h8-11,14,17H,5-7,12-13,24H2,1-4H3,(H2,25,29)(H,26,30). The fourth-order valence-corrected chi connectivity index (χ4v) is 4.04. The number of carbonyl (C=O) groups is 3. The average Bonchev–Trinajstić information content (AvgIpc) is 3.17. The summed E-state index contributed by atoms with van der Waals surface area (Å²) in [5.74, 6) is -0.518. The number of nitrogen functional groups attached to an aromatic ring is 1. The molecule has 0 spiro atoms. The van der Waals surface area contributed by atoms with E-state index in [4.69, 9.17) is 16.2 Å². The monoisotopic (exact) mass is 475 g/mol. The lowest BCUT2D eigenvalue weighted by Crippen LogP contribution is -2.50. The highest BCUT2D eigenvalue weighted by Gasteiger charge is 2.34. The number of benzene rings is 1. The first-order chi connectivity index (χ1) is 15.7. The van der Waals surface area contributed by atoms with Gasteiger partial charge in [0.2, 0.25) is 5.91 Å². The summed E-state index contributed by atoms with van der Waals surface area (Å²) in [5.41, 5.74) is 11.6. The predicted molar refractivity (Wildman–Crippen MR) is 131 cm³/mol. The van der Waals surface area contributed by atoms with Crippen LogP contribution in [0.3, 0.4) is 0 Å². The summed E-state index contributed by atoms with van der Waals surface area (Å²) < 4.78 is 9.18.